The number of benzene rings is 1. The standard InChI is InChI=1S/C14H15NO/c1-9-5-10(2)7-12(6-9)13-8-14(16-15-13)11-3-4-11/h5-8,11H,3-4H2,1-2H3. The Balaban J connectivity index is 2.00. The van der Waals surface area contributed by atoms with Gasteiger partial charge in [0.1, 0.15) is 11.5 Å². The first-order valence-electron chi connectivity index (χ1n) is 5.77. The molecule has 1 saturated carbocycles. The number of hydrogen-bond donors (Lipinski definition) is 0. The third-order valence-electron chi connectivity index (χ3n) is 3.03. The average Bonchev–Trinajstić information content (AvgIpc) is 2.95. The fourth-order valence-electron chi connectivity index (χ4n) is 2.11. The first-order chi connectivity index (χ1) is 7.72. The molecule has 0 bridgehead atoms. The van der Waals surface area contributed by atoms with Crippen LogP contribution in [0.1, 0.15) is 35.6 Å². The van der Waals surface area contributed by atoms with E-state index in [2.05, 4.69) is 43.3 Å². The maximum atomic E-state index is 5.37. The minimum Gasteiger partial charge on any atom is -0.360 e. The van der Waals surface area contributed by atoms with E-state index >= 15 is 0 Å². The zero-order valence-corrected chi connectivity index (χ0v) is 9.66. The molecular formula is C14H15NO. The van der Waals surface area contributed by atoms with Crippen LogP contribution in [-0.2, 0) is 0 Å². The van der Waals surface area contributed by atoms with Crippen molar-refractivity contribution < 1.29 is 4.52 Å². The fraction of sp³-hybridized carbons (Fsp3) is 0.357. The van der Waals surface area contributed by atoms with Crippen molar-refractivity contribution in [3.8, 4) is 11.3 Å². The number of nitrogens with zero attached hydrogens (tertiary/aromatic N) is 1. The van der Waals surface area contributed by atoms with Crippen LogP contribution in [0.2, 0.25) is 0 Å². The lowest BCUT2D eigenvalue weighted by atomic mass is 10.0. The van der Waals surface area contributed by atoms with Gasteiger partial charge < -0.3 is 4.52 Å². The van der Waals surface area contributed by atoms with Crippen molar-refractivity contribution in [3.05, 3.63) is 41.2 Å². The largest absolute Gasteiger partial charge is 0.360 e. The average molecular weight is 213 g/mol. The Hall–Kier alpha value is -1.57. The minimum atomic E-state index is 0.632. The van der Waals surface area contributed by atoms with Crippen molar-refractivity contribution in [2.75, 3.05) is 0 Å². The van der Waals surface area contributed by atoms with E-state index in [1.165, 1.54) is 24.0 Å². The van der Waals surface area contributed by atoms with Crippen molar-refractivity contribution in [2.45, 2.75) is 32.6 Å². The molecule has 82 valence electrons. The summed E-state index contributed by atoms with van der Waals surface area (Å²) < 4.78 is 5.37. The van der Waals surface area contributed by atoms with Crippen LogP contribution >= 0.6 is 0 Å². The molecule has 1 aromatic carbocycles. The van der Waals surface area contributed by atoms with Crippen LogP contribution < -0.4 is 0 Å². The lowest BCUT2D eigenvalue weighted by molar-refractivity contribution is 0.386. The maximum Gasteiger partial charge on any atom is 0.140 e. The van der Waals surface area contributed by atoms with E-state index in [4.69, 9.17) is 4.52 Å². The predicted octanol–water partition coefficient (Wildman–Crippen LogP) is 3.84. The van der Waals surface area contributed by atoms with E-state index in [-0.39, 0.29) is 0 Å². The van der Waals surface area contributed by atoms with Crippen LogP contribution in [0.3, 0.4) is 0 Å². The SMILES string of the molecule is Cc1cc(C)cc(-c2cc(C3CC3)on2)c1. The maximum absolute atomic E-state index is 5.37. The van der Waals surface area contributed by atoms with Gasteiger partial charge in [-0.25, -0.2) is 0 Å². The van der Waals surface area contributed by atoms with Crippen molar-refractivity contribution in [1.29, 1.82) is 0 Å². The van der Waals surface area contributed by atoms with Crippen molar-refractivity contribution in [2.24, 2.45) is 0 Å². The summed E-state index contributed by atoms with van der Waals surface area (Å²) in [6, 6.07) is 8.57. The Kier molecular flexibility index (Phi) is 2.10. The van der Waals surface area contributed by atoms with Gasteiger partial charge in [-0.1, -0.05) is 22.3 Å². The number of aryl methyl sites for hydroxylation is 2. The van der Waals surface area contributed by atoms with Crippen molar-refractivity contribution in [1.82, 2.24) is 5.16 Å². The van der Waals surface area contributed by atoms with Gasteiger partial charge in [0, 0.05) is 17.5 Å². The second-order valence-electron chi connectivity index (χ2n) is 4.77. The third kappa shape index (κ3) is 1.75. The third-order valence-corrected chi connectivity index (χ3v) is 3.03. The molecule has 1 aliphatic rings. The van der Waals surface area contributed by atoms with Crippen LogP contribution in [0, 0.1) is 13.8 Å². The highest BCUT2D eigenvalue weighted by molar-refractivity contribution is 5.61. The molecule has 1 aliphatic carbocycles. The summed E-state index contributed by atoms with van der Waals surface area (Å²) in [5.74, 6) is 1.68. The quantitative estimate of drug-likeness (QED) is 0.757. The molecule has 1 fully saturated rings. The Morgan fingerprint density at radius 2 is 1.75 bits per heavy atom. The van der Waals surface area contributed by atoms with Gasteiger partial charge in [-0.2, -0.15) is 0 Å². The summed E-state index contributed by atoms with van der Waals surface area (Å²) in [6.07, 6.45) is 2.50. The van der Waals surface area contributed by atoms with Gasteiger partial charge in [0.2, 0.25) is 0 Å². The van der Waals surface area contributed by atoms with E-state index in [0.29, 0.717) is 5.92 Å². The van der Waals surface area contributed by atoms with Crippen LogP contribution in [-0.4, -0.2) is 5.16 Å². The Morgan fingerprint density at radius 1 is 1.06 bits per heavy atom. The summed E-state index contributed by atoms with van der Waals surface area (Å²) >= 11 is 0. The molecule has 2 nitrogen and oxygen atoms in total. The van der Waals surface area contributed by atoms with Crippen LogP contribution in [0.15, 0.2) is 28.8 Å². The van der Waals surface area contributed by atoms with E-state index < -0.39 is 0 Å². The summed E-state index contributed by atoms with van der Waals surface area (Å²) in [6.45, 7) is 4.22. The Bertz CT molecular complexity index is 503. The molecule has 0 saturated heterocycles. The highest BCUT2D eigenvalue weighted by Crippen LogP contribution is 2.41. The van der Waals surface area contributed by atoms with Crippen LogP contribution in [0.25, 0.3) is 11.3 Å². The van der Waals surface area contributed by atoms with Gasteiger partial charge in [-0.15, -0.1) is 0 Å². The molecule has 0 amide bonds. The smallest absolute Gasteiger partial charge is 0.140 e. The van der Waals surface area contributed by atoms with Crippen molar-refractivity contribution in [3.63, 3.8) is 0 Å². The van der Waals surface area contributed by atoms with Gasteiger partial charge >= 0.3 is 0 Å². The summed E-state index contributed by atoms with van der Waals surface area (Å²) in [4.78, 5) is 0. The first kappa shape index (κ1) is 9.64. The topological polar surface area (TPSA) is 26.0 Å². The molecule has 0 aliphatic heterocycles. The molecule has 0 radical (unpaired) electrons. The van der Waals surface area contributed by atoms with Crippen LogP contribution in [0.5, 0.6) is 0 Å². The highest BCUT2D eigenvalue weighted by atomic mass is 16.5. The molecule has 0 N–H and O–H groups in total. The Morgan fingerprint density at radius 3 is 2.38 bits per heavy atom. The molecule has 2 aromatic rings. The molecule has 1 aromatic heterocycles. The molecule has 3 rings (SSSR count). The second-order valence-corrected chi connectivity index (χ2v) is 4.77. The normalized spacial score (nSPS) is 15.4. The lowest BCUT2D eigenvalue weighted by Crippen LogP contribution is -1.82. The second kappa shape index (κ2) is 3.48. The first-order valence-corrected chi connectivity index (χ1v) is 5.77. The zero-order valence-electron chi connectivity index (χ0n) is 9.66. The minimum absolute atomic E-state index is 0.632. The van der Waals surface area contributed by atoms with E-state index in [1.807, 2.05) is 0 Å². The zero-order chi connectivity index (χ0) is 11.1. The van der Waals surface area contributed by atoms with Crippen LogP contribution in [0.4, 0.5) is 0 Å². The molecule has 0 atom stereocenters. The van der Waals surface area contributed by atoms with Gasteiger partial charge in [0.05, 0.1) is 0 Å². The predicted molar refractivity (Wildman–Crippen MR) is 63.4 cm³/mol. The van der Waals surface area contributed by atoms with Gasteiger partial charge in [0.15, 0.2) is 0 Å². The molecule has 2 heteroatoms. The fourth-order valence-corrected chi connectivity index (χ4v) is 2.11. The van der Waals surface area contributed by atoms with E-state index in [1.54, 1.807) is 0 Å². The van der Waals surface area contributed by atoms with E-state index in [9.17, 15) is 0 Å². The summed E-state index contributed by atoms with van der Waals surface area (Å²) in [7, 11) is 0. The summed E-state index contributed by atoms with van der Waals surface area (Å²) in [5.41, 5.74) is 4.67. The molecule has 0 unspecified atom stereocenters. The molecule has 16 heavy (non-hydrogen) atoms. The van der Waals surface area contributed by atoms with Gasteiger partial charge in [0.25, 0.3) is 0 Å². The van der Waals surface area contributed by atoms with E-state index in [0.717, 1.165) is 17.0 Å². The number of rotatable bonds is 2. The molecule has 1 heterocycles. The number of hydrogen-bond acceptors (Lipinski definition) is 2. The summed E-state index contributed by atoms with van der Waals surface area (Å²) in [5, 5.41) is 4.15. The van der Waals surface area contributed by atoms with Gasteiger partial charge in [-0.3, -0.25) is 0 Å². The molecule has 0 spiro atoms. The number of aromatic nitrogens is 1. The Labute approximate surface area is 95.3 Å². The molecular weight excluding hydrogens is 198 g/mol. The monoisotopic (exact) mass is 213 g/mol. The lowest BCUT2D eigenvalue weighted by Gasteiger charge is -2.00. The van der Waals surface area contributed by atoms with Crippen molar-refractivity contribution >= 4 is 0 Å². The van der Waals surface area contributed by atoms with Gasteiger partial charge in [-0.05, 0) is 38.8 Å². The highest BCUT2D eigenvalue weighted by Gasteiger charge is 2.27.